The van der Waals surface area contributed by atoms with Crippen LogP contribution in [0.3, 0.4) is 0 Å². The highest BCUT2D eigenvalue weighted by atomic mass is 19.4. The molecule has 2 amide bonds. The lowest BCUT2D eigenvalue weighted by Gasteiger charge is -2.39. The molecule has 5 fully saturated rings. The molecule has 0 unspecified atom stereocenters. The summed E-state index contributed by atoms with van der Waals surface area (Å²) in [5.41, 5.74) is -0.819. The summed E-state index contributed by atoms with van der Waals surface area (Å²) in [6.45, 7) is 4.99. The molecule has 4 saturated heterocycles. The number of halogens is 3. The maximum atomic E-state index is 14.4. The van der Waals surface area contributed by atoms with Crippen molar-refractivity contribution in [1.82, 2.24) is 9.80 Å². The first-order chi connectivity index (χ1) is 18.7. The fraction of sp³-hybridized carbons (Fsp3) is 0.733. The van der Waals surface area contributed by atoms with Crippen LogP contribution < -0.4 is 9.80 Å². The molecule has 6 nitrogen and oxygen atoms in total. The molecule has 1 aliphatic carbocycles. The second-order valence-corrected chi connectivity index (χ2v) is 12.5. The average molecular weight is 547 g/mol. The number of carbonyl (C=O) groups is 2. The van der Waals surface area contributed by atoms with Gasteiger partial charge in [-0.2, -0.15) is 13.2 Å². The SMILES string of the molecule is O=C(C1CCCC1)N1CCC2(CC1)CCN(c1ccc(N3CC[C@H](N4CCCCC4)C3)cc1C(F)(F)F)C2=O. The molecule has 0 radical (unpaired) electrons. The summed E-state index contributed by atoms with van der Waals surface area (Å²) >= 11 is 0. The summed E-state index contributed by atoms with van der Waals surface area (Å²) in [5.74, 6) is 0.0949. The Morgan fingerprint density at radius 1 is 0.846 bits per heavy atom. The number of likely N-dealkylation sites (tertiary alicyclic amines) is 2. The van der Waals surface area contributed by atoms with E-state index in [1.54, 1.807) is 6.07 Å². The predicted molar refractivity (Wildman–Crippen MR) is 145 cm³/mol. The van der Waals surface area contributed by atoms with E-state index in [2.05, 4.69) is 9.80 Å². The third kappa shape index (κ3) is 5.16. The third-order valence-corrected chi connectivity index (χ3v) is 10.3. The van der Waals surface area contributed by atoms with E-state index < -0.39 is 17.2 Å². The van der Waals surface area contributed by atoms with E-state index in [4.69, 9.17) is 0 Å². The van der Waals surface area contributed by atoms with Gasteiger partial charge in [0, 0.05) is 50.4 Å². The smallest absolute Gasteiger partial charge is 0.370 e. The molecule has 1 spiro atoms. The van der Waals surface area contributed by atoms with Crippen molar-refractivity contribution >= 4 is 23.2 Å². The maximum absolute atomic E-state index is 14.4. The Labute approximate surface area is 229 Å². The zero-order valence-corrected chi connectivity index (χ0v) is 22.9. The lowest BCUT2D eigenvalue weighted by Crippen LogP contribution is -2.48. The molecule has 4 aliphatic heterocycles. The van der Waals surface area contributed by atoms with E-state index >= 15 is 0 Å². The van der Waals surface area contributed by atoms with Crippen LogP contribution in [0.25, 0.3) is 0 Å². The highest BCUT2D eigenvalue weighted by Gasteiger charge is 2.51. The fourth-order valence-electron chi connectivity index (χ4n) is 7.84. The van der Waals surface area contributed by atoms with Gasteiger partial charge in [0.05, 0.1) is 16.7 Å². The lowest BCUT2D eigenvalue weighted by atomic mass is 9.77. The van der Waals surface area contributed by atoms with Crippen LogP contribution in [0.1, 0.15) is 76.2 Å². The quantitative estimate of drug-likeness (QED) is 0.514. The van der Waals surface area contributed by atoms with E-state index in [9.17, 15) is 22.8 Å². The van der Waals surface area contributed by atoms with E-state index in [-0.39, 0.29) is 23.4 Å². The highest BCUT2D eigenvalue weighted by molar-refractivity contribution is 6.01. The Bertz CT molecular complexity index is 1070. The Morgan fingerprint density at radius 2 is 1.54 bits per heavy atom. The second-order valence-electron chi connectivity index (χ2n) is 12.5. The Morgan fingerprint density at radius 3 is 2.23 bits per heavy atom. The average Bonchev–Trinajstić information content (AvgIpc) is 3.71. The van der Waals surface area contributed by atoms with Gasteiger partial charge in [0.15, 0.2) is 0 Å². The molecule has 214 valence electrons. The van der Waals surface area contributed by atoms with Crippen molar-refractivity contribution < 1.29 is 22.8 Å². The molecule has 1 aromatic carbocycles. The molecular formula is C30H41F3N4O2. The van der Waals surface area contributed by atoms with Gasteiger partial charge >= 0.3 is 6.18 Å². The summed E-state index contributed by atoms with van der Waals surface area (Å²) in [6, 6.07) is 4.94. The van der Waals surface area contributed by atoms with Gasteiger partial charge in [-0.15, -0.1) is 0 Å². The Balaban J connectivity index is 1.16. The number of hydrogen-bond donors (Lipinski definition) is 0. The van der Waals surface area contributed by atoms with Crippen LogP contribution in [0.15, 0.2) is 18.2 Å². The lowest BCUT2D eigenvalue weighted by molar-refractivity contribution is -0.141. The first-order valence-electron chi connectivity index (χ1n) is 15.1. The predicted octanol–water partition coefficient (Wildman–Crippen LogP) is 5.31. The van der Waals surface area contributed by atoms with Gasteiger partial charge in [-0.25, -0.2) is 0 Å². The molecule has 5 aliphatic rings. The molecular weight excluding hydrogens is 505 g/mol. The summed E-state index contributed by atoms with van der Waals surface area (Å²) in [6.07, 6.45) is 5.76. The molecule has 9 heteroatoms. The molecule has 39 heavy (non-hydrogen) atoms. The standard InChI is InChI=1S/C30H41F3N4O2/c31-30(32,33)25-20-23(36-16-10-24(21-36)34-14-4-1-5-15-34)8-9-26(25)37-19-13-29(28(37)39)11-17-35(18-12-29)27(38)22-6-2-3-7-22/h8-9,20,22,24H,1-7,10-19,21H2/t24-/m0/s1. The first kappa shape index (κ1) is 26.9. The van der Waals surface area contributed by atoms with Gasteiger partial charge in [-0.1, -0.05) is 19.3 Å². The van der Waals surface area contributed by atoms with E-state index in [1.165, 1.54) is 36.3 Å². The van der Waals surface area contributed by atoms with Crippen LogP contribution in [-0.4, -0.2) is 73.5 Å². The minimum absolute atomic E-state index is 0.0237. The number of carbonyl (C=O) groups excluding carboxylic acids is 2. The zero-order chi connectivity index (χ0) is 27.2. The van der Waals surface area contributed by atoms with Crippen molar-refractivity contribution in [3.05, 3.63) is 23.8 Å². The van der Waals surface area contributed by atoms with Crippen LogP contribution in [-0.2, 0) is 15.8 Å². The second kappa shape index (κ2) is 10.6. The molecule has 1 saturated carbocycles. The van der Waals surface area contributed by atoms with Crippen LogP contribution in [0.4, 0.5) is 24.5 Å². The monoisotopic (exact) mass is 546 g/mol. The minimum atomic E-state index is -4.55. The molecule has 0 aromatic heterocycles. The van der Waals surface area contributed by atoms with Gasteiger partial charge in [-0.3, -0.25) is 14.5 Å². The fourth-order valence-corrected chi connectivity index (χ4v) is 7.84. The van der Waals surface area contributed by atoms with E-state index in [1.807, 2.05) is 4.90 Å². The van der Waals surface area contributed by atoms with Crippen molar-refractivity contribution in [3.63, 3.8) is 0 Å². The zero-order valence-electron chi connectivity index (χ0n) is 22.9. The molecule has 1 aromatic rings. The van der Waals surface area contributed by atoms with E-state index in [0.717, 1.165) is 58.3 Å². The third-order valence-electron chi connectivity index (χ3n) is 10.3. The largest absolute Gasteiger partial charge is 0.418 e. The Kier molecular flexibility index (Phi) is 7.31. The molecule has 0 N–H and O–H groups in total. The summed E-state index contributed by atoms with van der Waals surface area (Å²) in [7, 11) is 0. The minimum Gasteiger partial charge on any atom is -0.370 e. The number of alkyl halides is 3. The van der Waals surface area contributed by atoms with E-state index in [0.29, 0.717) is 50.6 Å². The van der Waals surface area contributed by atoms with Gasteiger partial charge in [0.2, 0.25) is 11.8 Å². The van der Waals surface area contributed by atoms with Crippen molar-refractivity contribution in [3.8, 4) is 0 Å². The molecule has 4 heterocycles. The number of piperidine rings is 2. The van der Waals surface area contributed by atoms with Gasteiger partial charge < -0.3 is 14.7 Å². The van der Waals surface area contributed by atoms with Crippen LogP contribution in [0.2, 0.25) is 0 Å². The van der Waals surface area contributed by atoms with Crippen molar-refractivity contribution in [2.45, 2.75) is 82.8 Å². The van der Waals surface area contributed by atoms with Gasteiger partial charge in [0.1, 0.15) is 0 Å². The van der Waals surface area contributed by atoms with Gasteiger partial charge in [0.25, 0.3) is 0 Å². The molecule has 0 bridgehead atoms. The molecule has 1 atom stereocenters. The number of anilines is 2. The first-order valence-corrected chi connectivity index (χ1v) is 15.1. The number of amides is 2. The topological polar surface area (TPSA) is 47.1 Å². The number of nitrogens with zero attached hydrogens (tertiary/aromatic N) is 4. The van der Waals surface area contributed by atoms with Crippen LogP contribution >= 0.6 is 0 Å². The van der Waals surface area contributed by atoms with Crippen LogP contribution in [0.5, 0.6) is 0 Å². The molecule has 6 rings (SSSR count). The van der Waals surface area contributed by atoms with Crippen molar-refractivity contribution in [2.75, 3.05) is 55.6 Å². The normalized spacial score (nSPS) is 26.8. The number of hydrogen-bond acceptors (Lipinski definition) is 4. The summed E-state index contributed by atoms with van der Waals surface area (Å²) < 4.78 is 43.1. The van der Waals surface area contributed by atoms with Crippen molar-refractivity contribution in [1.29, 1.82) is 0 Å². The summed E-state index contributed by atoms with van der Waals surface area (Å²) in [4.78, 5) is 34.4. The van der Waals surface area contributed by atoms with Crippen molar-refractivity contribution in [2.24, 2.45) is 11.3 Å². The summed E-state index contributed by atoms with van der Waals surface area (Å²) in [5, 5.41) is 0. The van der Waals surface area contributed by atoms with Crippen LogP contribution in [0, 0.1) is 11.3 Å². The van der Waals surface area contributed by atoms with Gasteiger partial charge in [-0.05, 0) is 82.7 Å². The number of benzene rings is 1. The highest BCUT2D eigenvalue weighted by Crippen LogP contribution is 2.47. The maximum Gasteiger partial charge on any atom is 0.418 e. The Hall–Kier alpha value is -2.29. The number of rotatable bonds is 4.